The molecule has 0 aromatic carbocycles. The van der Waals surface area contributed by atoms with Gasteiger partial charge in [0.25, 0.3) is 0 Å². The monoisotopic (exact) mass is 441 g/mol. The van der Waals surface area contributed by atoms with Gasteiger partial charge in [-0.25, -0.2) is 0 Å². The average Bonchev–Trinajstić information content (AvgIpc) is 3.43. The number of carbonyl (C=O) groups is 1. The van der Waals surface area contributed by atoms with Crippen molar-refractivity contribution in [3.63, 3.8) is 0 Å². The number of nitriles is 1. The van der Waals surface area contributed by atoms with E-state index in [4.69, 9.17) is 0 Å². The summed E-state index contributed by atoms with van der Waals surface area (Å²) < 4.78 is 2.09. The summed E-state index contributed by atoms with van der Waals surface area (Å²) in [6.07, 6.45) is 12.1. The van der Waals surface area contributed by atoms with Crippen molar-refractivity contribution in [2.45, 2.75) is 75.4 Å². The van der Waals surface area contributed by atoms with Crippen LogP contribution in [-0.4, -0.2) is 26.4 Å². The van der Waals surface area contributed by atoms with Crippen LogP contribution in [0.1, 0.15) is 72.7 Å². The fourth-order valence-electron chi connectivity index (χ4n) is 4.44. The SMILES string of the molecule is C=CCn1c(SCC(=O)Nc2sc3c(c2C#N)CCCCC3)nnc1C1CCCC1. The van der Waals surface area contributed by atoms with E-state index in [0.29, 0.717) is 23.0 Å². The normalized spacial score (nSPS) is 16.6. The topological polar surface area (TPSA) is 83.6 Å². The zero-order valence-electron chi connectivity index (χ0n) is 17.2. The highest BCUT2D eigenvalue weighted by Crippen LogP contribution is 2.37. The van der Waals surface area contributed by atoms with Crippen LogP contribution in [0.2, 0.25) is 0 Å². The number of allylic oxidation sites excluding steroid dienone is 1. The molecule has 0 saturated heterocycles. The molecular weight excluding hydrogens is 414 g/mol. The minimum absolute atomic E-state index is 0.108. The van der Waals surface area contributed by atoms with Crippen LogP contribution in [-0.2, 0) is 24.2 Å². The molecule has 0 spiro atoms. The van der Waals surface area contributed by atoms with Gasteiger partial charge >= 0.3 is 0 Å². The third-order valence-electron chi connectivity index (χ3n) is 5.90. The molecule has 0 unspecified atom stereocenters. The Balaban J connectivity index is 1.43. The van der Waals surface area contributed by atoms with Gasteiger partial charge in [-0.2, -0.15) is 5.26 Å². The molecule has 0 atom stereocenters. The lowest BCUT2D eigenvalue weighted by molar-refractivity contribution is -0.113. The first-order valence-corrected chi connectivity index (χ1v) is 12.5. The van der Waals surface area contributed by atoms with E-state index in [-0.39, 0.29) is 11.7 Å². The number of anilines is 1. The molecular formula is C22H27N5OS2. The fraction of sp³-hybridized carbons (Fsp3) is 0.545. The van der Waals surface area contributed by atoms with Gasteiger partial charge in [0.15, 0.2) is 5.16 Å². The predicted molar refractivity (Wildman–Crippen MR) is 121 cm³/mol. The van der Waals surface area contributed by atoms with E-state index in [1.165, 1.54) is 35.9 Å². The molecule has 0 aliphatic heterocycles. The van der Waals surface area contributed by atoms with Crippen molar-refractivity contribution in [2.75, 3.05) is 11.1 Å². The predicted octanol–water partition coefficient (Wildman–Crippen LogP) is 5.05. The van der Waals surface area contributed by atoms with Crippen molar-refractivity contribution in [3.8, 4) is 6.07 Å². The number of aromatic nitrogens is 3. The molecule has 2 aliphatic rings. The molecule has 1 fully saturated rings. The second-order valence-corrected chi connectivity index (χ2v) is 9.99. The Bertz CT molecular complexity index is 965. The van der Waals surface area contributed by atoms with Crippen LogP contribution in [0.4, 0.5) is 5.00 Å². The van der Waals surface area contributed by atoms with Gasteiger partial charge in [0, 0.05) is 17.3 Å². The molecule has 2 aromatic heterocycles. The molecule has 0 radical (unpaired) electrons. The first-order chi connectivity index (χ1) is 14.7. The van der Waals surface area contributed by atoms with E-state index in [2.05, 4.69) is 32.7 Å². The zero-order chi connectivity index (χ0) is 20.9. The van der Waals surface area contributed by atoms with Gasteiger partial charge < -0.3 is 9.88 Å². The molecule has 6 nitrogen and oxygen atoms in total. The number of amides is 1. The number of hydrogen-bond donors (Lipinski definition) is 1. The van der Waals surface area contributed by atoms with Gasteiger partial charge in [-0.15, -0.1) is 28.1 Å². The number of carbonyl (C=O) groups excluding carboxylic acids is 1. The summed E-state index contributed by atoms with van der Waals surface area (Å²) in [6, 6.07) is 2.32. The minimum atomic E-state index is -0.108. The van der Waals surface area contributed by atoms with Gasteiger partial charge in [0.05, 0.1) is 11.3 Å². The van der Waals surface area contributed by atoms with Crippen molar-refractivity contribution in [2.24, 2.45) is 0 Å². The number of nitrogens with one attached hydrogen (secondary N) is 1. The lowest BCUT2D eigenvalue weighted by atomic mass is 10.1. The lowest BCUT2D eigenvalue weighted by Crippen LogP contribution is -2.15. The maximum atomic E-state index is 12.7. The number of thiophene rings is 1. The van der Waals surface area contributed by atoms with Crippen molar-refractivity contribution in [1.29, 1.82) is 5.26 Å². The average molecular weight is 442 g/mol. The molecule has 2 heterocycles. The van der Waals surface area contributed by atoms with Gasteiger partial charge in [-0.3, -0.25) is 4.79 Å². The molecule has 1 N–H and O–H groups in total. The Kier molecular flexibility index (Phi) is 6.90. The maximum absolute atomic E-state index is 12.7. The number of aryl methyl sites for hydroxylation is 1. The largest absolute Gasteiger partial charge is 0.316 e. The van der Waals surface area contributed by atoms with E-state index in [1.807, 2.05) is 6.08 Å². The van der Waals surface area contributed by atoms with Crippen LogP contribution >= 0.6 is 23.1 Å². The summed E-state index contributed by atoms with van der Waals surface area (Å²) in [5, 5.41) is 22.9. The molecule has 2 aromatic rings. The molecule has 8 heteroatoms. The maximum Gasteiger partial charge on any atom is 0.235 e. The molecule has 4 rings (SSSR count). The number of nitrogens with zero attached hydrogens (tertiary/aromatic N) is 4. The van der Waals surface area contributed by atoms with Crippen LogP contribution in [0.3, 0.4) is 0 Å². The van der Waals surface area contributed by atoms with Crippen molar-refractivity contribution in [1.82, 2.24) is 14.8 Å². The fourth-order valence-corrected chi connectivity index (χ4v) is 6.45. The highest BCUT2D eigenvalue weighted by Gasteiger charge is 2.25. The molecule has 1 amide bonds. The van der Waals surface area contributed by atoms with Crippen LogP contribution in [0.5, 0.6) is 0 Å². The highest BCUT2D eigenvalue weighted by molar-refractivity contribution is 7.99. The molecule has 1 saturated carbocycles. The van der Waals surface area contributed by atoms with E-state index >= 15 is 0 Å². The quantitative estimate of drug-likeness (QED) is 0.369. The summed E-state index contributed by atoms with van der Waals surface area (Å²) in [4.78, 5) is 13.9. The summed E-state index contributed by atoms with van der Waals surface area (Å²) in [6.45, 7) is 4.51. The minimum Gasteiger partial charge on any atom is -0.316 e. The number of fused-ring (bicyclic) bond motifs is 1. The van der Waals surface area contributed by atoms with Crippen molar-refractivity contribution in [3.05, 3.63) is 34.5 Å². The van der Waals surface area contributed by atoms with E-state index < -0.39 is 0 Å². The Labute approximate surface area is 185 Å². The Morgan fingerprint density at radius 2 is 2.07 bits per heavy atom. The first-order valence-electron chi connectivity index (χ1n) is 10.7. The van der Waals surface area contributed by atoms with Crippen LogP contribution in [0.25, 0.3) is 0 Å². The van der Waals surface area contributed by atoms with Crippen LogP contribution in [0.15, 0.2) is 17.8 Å². The number of thioether (sulfide) groups is 1. The number of rotatable bonds is 7. The van der Waals surface area contributed by atoms with E-state index in [9.17, 15) is 10.1 Å². The van der Waals surface area contributed by atoms with Crippen LogP contribution in [0, 0.1) is 11.3 Å². The second-order valence-electron chi connectivity index (χ2n) is 7.94. The second kappa shape index (κ2) is 9.80. The Hall–Kier alpha value is -2.11. The smallest absolute Gasteiger partial charge is 0.235 e. The first kappa shape index (κ1) is 21.1. The molecule has 0 bridgehead atoms. The molecule has 2 aliphatic carbocycles. The van der Waals surface area contributed by atoms with Crippen molar-refractivity contribution >= 4 is 34.0 Å². The Morgan fingerprint density at radius 3 is 2.83 bits per heavy atom. The summed E-state index contributed by atoms with van der Waals surface area (Å²) in [7, 11) is 0. The summed E-state index contributed by atoms with van der Waals surface area (Å²) in [5.41, 5.74) is 1.81. The van der Waals surface area contributed by atoms with Gasteiger partial charge in [0.2, 0.25) is 5.91 Å². The van der Waals surface area contributed by atoms with E-state index in [0.717, 1.165) is 55.1 Å². The third kappa shape index (κ3) is 4.47. The summed E-state index contributed by atoms with van der Waals surface area (Å²) >= 11 is 2.97. The number of hydrogen-bond acceptors (Lipinski definition) is 6. The lowest BCUT2D eigenvalue weighted by Gasteiger charge is -2.11. The van der Waals surface area contributed by atoms with Gasteiger partial charge in [-0.05, 0) is 44.1 Å². The molecule has 158 valence electrons. The Morgan fingerprint density at radius 1 is 1.27 bits per heavy atom. The standard InChI is InChI=1S/C22H27N5OS2/c1-2-12-27-20(15-8-6-7-9-15)25-26-22(27)29-14-19(28)24-21-17(13-23)16-10-4-3-5-11-18(16)30-21/h2,15H,1,3-12,14H2,(H,24,28). The van der Waals surface area contributed by atoms with Gasteiger partial charge in [0.1, 0.15) is 16.9 Å². The third-order valence-corrected chi connectivity index (χ3v) is 8.07. The molecule has 30 heavy (non-hydrogen) atoms. The van der Waals surface area contributed by atoms with Gasteiger partial charge in [-0.1, -0.05) is 37.1 Å². The zero-order valence-corrected chi connectivity index (χ0v) is 18.8. The highest BCUT2D eigenvalue weighted by atomic mass is 32.2. The van der Waals surface area contributed by atoms with E-state index in [1.54, 1.807) is 11.3 Å². The van der Waals surface area contributed by atoms with Crippen molar-refractivity contribution < 1.29 is 4.79 Å². The summed E-state index contributed by atoms with van der Waals surface area (Å²) in [5.74, 6) is 1.61. The van der Waals surface area contributed by atoms with Crippen LogP contribution < -0.4 is 5.32 Å².